The molecule has 0 aliphatic carbocycles. The van der Waals surface area contributed by atoms with E-state index in [9.17, 15) is 22.8 Å². The van der Waals surface area contributed by atoms with Gasteiger partial charge in [-0.25, -0.2) is 4.98 Å². The molecule has 3 aromatic rings. The molecule has 2 aromatic heterocycles. The maximum Gasteiger partial charge on any atom is 0.433 e. The van der Waals surface area contributed by atoms with E-state index >= 15 is 0 Å². The lowest BCUT2D eigenvalue weighted by atomic mass is 10.2. The minimum Gasteiger partial charge on any atom is -0.465 e. The molecule has 0 atom stereocenters. The molecule has 0 bridgehead atoms. The Bertz CT molecular complexity index is 1080. The zero-order valence-electron chi connectivity index (χ0n) is 16.1. The third kappa shape index (κ3) is 6.61. The summed E-state index contributed by atoms with van der Waals surface area (Å²) in [4.78, 5) is 27.6. The Balaban J connectivity index is 1.47. The zero-order chi connectivity index (χ0) is 22.3. The van der Waals surface area contributed by atoms with Gasteiger partial charge in [-0.05, 0) is 30.3 Å². The average Bonchev–Trinajstić information content (AvgIpc) is 3.26. The Labute approximate surface area is 179 Å². The van der Waals surface area contributed by atoms with Gasteiger partial charge >= 0.3 is 6.18 Å². The van der Waals surface area contributed by atoms with Crippen molar-refractivity contribution in [3.05, 3.63) is 66.3 Å². The summed E-state index contributed by atoms with van der Waals surface area (Å²) in [5, 5.41) is 5.66. The topological polar surface area (TPSA) is 84.2 Å². The van der Waals surface area contributed by atoms with Crippen molar-refractivity contribution in [1.82, 2.24) is 15.6 Å². The Morgan fingerprint density at radius 3 is 2.68 bits per heavy atom. The van der Waals surface area contributed by atoms with Crippen LogP contribution in [0, 0.1) is 0 Å². The van der Waals surface area contributed by atoms with Crippen molar-refractivity contribution in [3.63, 3.8) is 0 Å². The molecule has 0 aliphatic heterocycles. The summed E-state index contributed by atoms with van der Waals surface area (Å²) in [6.45, 7) is 0.00199. The monoisotopic (exact) mass is 449 g/mol. The van der Waals surface area contributed by atoms with Crippen LogP contribution in [0.1, 0.15) is 11.5 Å². The maximum absolute atomic E-state index is 13.1. The van der Waals surface area contributed by atoms with E-state index in [1.165, 1.54) is 36.2 Å². The van der Waals surface area contributed by atoms with E-state index in [1.807, 2.05) is 0 Å². The highest BCUT2D eigenvalue weighted by atomic mass is 32.2. The van der Waals surface area contributed by atoms with Gasteiger partial charge in [-0.1, -0.05) is 18.2 Å². The fourth-order valence-electron chi connectivity index (χ4n) is 2.59. The van der Waals surface area contributed by atoms with E-state index in [4.69, 9.17) is 4.42 Å². The number of aromatic nitrogens is 1. The molecule has 1 aromatic carbocycles. The van der Waals surface area contributed by atoms with Crippen LogP contribution < -0.4 is 10.6 Å². The van der Waals surface area contributed by atoms with Crippen molar-refractivity contribution < 1.29 is 27.2 Å². The Kier molecular flexibility index (Phi) is 7.35. The second-order valence-electron chi connectivity index (χ2n) is 6.29. The van der Waals surface area contributed by atoms with Crippen molar-refractivity contribution in [2.24, 2.45) is 0 Å². The Morgan fingerprint density at radius 1 is 1.13 bits per heavy atom. The minimum atomic E-state index is -4.54. The number of para-hydroxylation sites is 1. The molecule has 0 saturated carbocycles. The fourth-order valence-corrected chi connectivity index (χ4v) is 3.54. The first-order chi connectivity index (χ1) is 14.8. The molecule has 0 saturated heterocycles. The van der Waals surface area contributed by atoms with Gasteiger partial charge in [0.15, 0.2) is 0 Å². The third-order valence-electron chi connectivity index (χ3n) is 4.02. The van der Waals surface area contributed by atoms with E-state index < -0.39 is 23.7 Å². The summed E-state index contributed by atoms with van der Waals surface area (Å²) in [5.74, 6) is -0.00246. The van der Waals surface area contributed by atoms with Crippen LogP contribution in [-0.2, 0) is 15.8 Å². The molecular formula is C21H18F3N3O3S. The lowest BCUT2D eigenvalue weighted by molar-refractivity contribution is -0.141. The number of benzene rings is 1. The molecular weight excluding hydrogens is 431 g/mol. The van der Waals surface area contributed by atoms with Gasteiger partial charge in [0.25, 0.3) is 0 Å². The highest BCUT2D eigenvalue weighted by Crippen LogP contribution is 2.34. The van der Waals surface area contributed by atoms with Crippen LogP contribution in [0.25, 0.3) is 17.0 Å². The van der Waals surface area contributed by atoms with Crippen molar-refractivity contribution in [3.8, 4) is 0 Å². The molecule has 2 N–H and O–H groups in total. The van der Waals surface area contributed by atoms with Gasteiger partial charge in [0.1, 0.15) is 11.5 Å². The third-order valence-corrected chi connectivity index (χ3v) is 5.07. The largest absolute Gasteiger partial charge is 0.465 e. The number of halogens is 3. The van der Waals surface area contributed by atoms with Crippen LogP contribution >= 0.6 is 11.8 Å². The Morgan fingerprint density at radius 2 is 1.94 bits per heavy atom. The summed E-state index contributed by atoms with van der Waals surface area (Å²) < 4.78 is 44.4. The number of alkyl halides is 3. The normalized spacial score (nSPS) is 11.7. The number of nitrogens with one attached hydrogen (secondary N) is 2. The molecule has 6 nitrogen and oxygen atoms in total. The van der Waals surface area contributed by atoms with Crippen molar-refractivity contribution in [2.45, 2.75) is 11.1 Å². The van der Waals surface area contributed by atoms with Gasteiger partial charge in [0.05, 0.1) is 18.3 Å². The second kappa shape index (κ2) is 10.2. The standard InChI is InChI=1S/C21H18F3N3O3S/c22-21(23,24)18-12-17(15-5-1-2-6-16(15)27-18)31-11-9-25-20(29)13-26-19(28)8-7-14-4-3-10-30-14/h1-8,10,12H,9,11,13H2,(H,25,29)(H,26,28). The average molecular weight is 449 g/mol. The second-order valence-corrected chi connectivity index (χ2v) is 7.42. The number of pyridine rings is 1. The lowest BCUT2D eigenvalue weighted by Gasteiger charge is -2.12. The highest BCUT2D eigenvalue weighted by Gasteiger charge is 2.33. The van der Waals surface area contributed by atoms with Gasteiger partial charge < -0.3 is 15.1 Å². The molecule has 2 amide bonds. The minimum absolute atomic E-state index is 0.220. The van der Waals surface area contributed by atoms with Crippen LogP contribution in [0.2, 0.25) is 0 Å². The number of rotatable bonds is 8. The van der Waals surface area contributed by atoms with E-state index in [-0.39, 0.29) is 18.6 Å². The summed E-state index contributed by atoms with van der Waals surface area (Å²) >= 11 is 1.19. The summed E-state index contributed by atoms with van der Waals surface area (Å²) in [6, 6.07) is 11.0. The molecule has 2 heterocycles. The Hall–Kier alpha value is -3.27. The summed E-state index contributed by atoms with van der Waals surface area (Å²) in [6.07, 6.45) is -0.355. The smallest absolute Gasteiger partial charge is 0.433 e. The maximum atomic E-state index is 13.1. The molecule has 3 rings (SSSR count). The van der Waals surface area contributed by atoms with Crippen LogP contribution in [0.3, 0.4) is 0 Å². The number of hydrogen-bond donors (Lipinski definition) is 2. The molecule has 0 aliphatic rings. The van der Waals surface area contributed by atoms with E-state index in [2.05, 4.69) is 15.6 Å². The fraction of sp³-hybridized carbons (Fsp3) is 0.190. The number of carbonyl (C=O) groups is 2. The molecule has 0 fully saturated rings. The number of amides is 2. The SMILES string of the molecule is O=C(C=Cc1ccco1)NCC(=O)NCCSc1cc(C(F)(F)F)nc2ccccc12. The highest BCUT2D eigenvalue weighted by molar-refractivity contribution is 7.99. The predicted molar refractivity (Wildman–Crippen MR) is 111 cm³/mol. The van der Waals surface area contributed by atoms with Gasteiger partial charge in [-0.15, -0.1) is 11.8 Å². The number of thioether (sulfide) groups is 1. The van der Waals surface area contributed by atoms with Crippen LogP contribution in [0.5, 0.6) is 0 Å². The lowest BCUT2D eigenvalue weighted by Crippen LogP contribution is -2.37. The number of nitrogens with zero attached hydrogens (tertiary/aromatic N) is 1. The van der Waals surface area contributed by atoms with Crippen LogP contribution in [0.4, 0.5) is 13.2 Å². The molecule has 0 spiro atoms. The molecule has 10 heteroatoms. The van der Waals surface area contributed by atoms with E-state index in [0.717, 1.165) is 6.07 Å². The zero-order valence-corrected chi connectivity index (χ0v) is 16.9. The summed E-state index contributed by atoms with van der Waals surface area (Å²) in [5.41, 5.74) is -0.697. The van der Waals surface area contributed by atoms with Gasteiger partial charge in [0, 0.05) is 28.7 Å². The molecule has 0 radical (unpaired) electrons. The number of fused-ring (bicyclic) bond motifs is 1. The van der Waals surface area contributed by atoms with Crippen molar-refractivity contribution in [2.75, 3.05) is 18.8 Å². The predicted octanol–water partition coefficient (Wildman–Crippen LogP) is 3.88. The first-order valence-electron chi connectivity index (χ1n) is 9.19. The first-order valence-corrected chi connectivity index (χ1v) is 10.2. The van der Waals surface area contributed by atoms with Crippen molar-refractivity contribution in [1.29, 1.82) is 0 Å². The number of carbonyl (C=O) groups excluding carboxylic acids is 2. The van der Waals surface area contributed by atoms with Gasteiger partial charge in [-0.2, -0.15) is 13.2 Å². The van der Waals surface area contributed by atoms with E-state index in [0.29, 0.717) is 21.8 Å². The van der Waals surface area contributed by atoms with Gasteiger partial charge in [-0.3, -0.25) is 9.59 Å². The van der Waals surface area contributed by atoms with E-state index in [1.54, 1.807) is 30.3 Å². The molecule has 31 heavy (non-hydrogen) atoms. The van der Waals surface area contributed by atoms with Crippen molar-refractivity contribution >= 4 is 40.6 Å². The van der Waals surface area contributed by atoms with Crippen LogP contribution in [-0.4, -0.2) is 35.6 Å². The molecule has 0 unspecified atom stereocenters. The quantitative estimate of drug-likeness (QED) is 0.310. The van der Waals surface area contributed by atoms with Crippen LogP contribution in [0.15, 0.2) is 64.1 Å². The summed E-state index contributed by atoms with van der Waals surface area (Å²) in [7, 11) is 0. The first kappa shape index (κ1) is 22.4. The number of furan rings is 1. The van der Waals surface area contributed by atoms with Gasteiger partial charge in [0.2, 0.25) is 11.8 Å². The molecule has 162 valence electrons. The number of hydrogen-bond acceptors (Lipinski definition) is 5.